The van der Waals surface area contributed by atoms with Gasteiger partial charge in [-0.05, 0) is 12.1 Å². The van der Waals surface area contributed by atoms with E-state index >= 15 is 0 Å². The molecule has 2 rings (SSSR count). The lowest BCUT2D eigenvalue weighted by atomic mass is 10.2. The standard InChI is InChI=1S/C12H11F2N3O3S/c1-19-7-3-6(4-8(5-7)20-2)10(18)15-12-17-16-11(21-12)9(13)14/h3-5,9H,1-2H3,(H,15,17,18). The maximum absolute atomic E-state index is 12.4. The van der Waals surface area contributed by atoms with Crippen molar-refractivity contribution in [3.63, 3.8) is 0 Å². The second-order valence-electron chi connectivity index (χ2n) is 3.80. The van der Waals surface area contributed by atoms with Crippen LogP contribution in [0.2, 0.25) is 0 Å². The zero-order valence-corrected chi connectivity index (χ0v) is 11.9. The molecule has 0 aliphatic heterocycles. The lowest BCUT2D eigenvalue weighted by Gasteiger charge is -2.07. The van der Waals surface area contributed by atoms with Crippen LogP contribution in [0.5, 0.6) is 11.5 Å². The van der Waals surface area contributed by atoms with Gasteiger partial charge in [-0.3, -0.25) is 10.1 Å². The van der Waals surface area contributed by atoms with E-state index in [1.807, 2.05) is 0 Å². The van der Waals surface area contributed by atoms with Crippen LogP contribution < -0.4 is 14.8 Å². The van der Waals surface area contributed by atoms with Gasteiger partial charge < -0.3 is 9.47 Å². The number of halogens is 2. The van der Waals surface area contributed by atoms with E-state index in [0.29, 0.717) is 22.8 Å². The maximum Gasteiger partial charge on any atom is 0.291 e. The van der Waals surface area contributed by atoms with E-state index in [1.165, 1.54) is 26.4 Å². The molecular weight excluding hydrogens is 304 g/mol. The summed E-state index contributed by atoms with van der Waals surface area (Å²) in [7, 11) is 2.91. The molecule has 2 aromatic rings. The van der Waals surface area contributed by atoms with E-state index < -0.39 is 17.3 Å². The van der Waals surface area contributed by atoms with Gasteiger partial charge in [0.25, 0.3) is 12.3 Å². The molecule has 0 saturated heterocycles. The molecule has 112 valence electrons. The van der Waals surface area contributed by atoms with Crippen molar-refractivity contribution in [3.8, 4) is 11.5 Å². The molecule has 0 spiro atoms. The van der Waals surface area contributed by atoms with Crippen LogP contribution in [0.25, 0.3) is 0 Å². The smallest absolute Gasteiger partial charge is 0.291 e. The first-order chi connectivity index (χ1) is 10.0. The van der Waals surface area contributed by atoms with Gasteiger partial charge in [0.2, 0.25) is 5.13 Å². The zero-order valence-electron chi connectivity index (χ0n) is 11.1. The summed E-state index contributed by atoms with van der Waals surface area (Å²) in [5.74, 6) is 0.347. The van der Waals surface area contributed by atoms with Crippen molar-refractivity contribution >= 4 is 22.4 Å². The second kappa shape index (κ2) is 6.44. The molecule has 1 N–H and O–H groups in total. The van der Waals surface area contributed by atoms with Crippen molar-refractivity contribution in [3.05, 3.63) is 28.8 Å². The number of anilines is 1. The molecule has 0 radical (unpaired) electrons. The minimum absolute atomic E-state index is 0.00270. The largest absolute Gasteiger partial charge is 0.497 e. The monoisotopic (exact) mass is 315 g/mol. The fourth-order valence-electron chi connectivity index (χ4n) is 1.48. The number of carbonyl (C=O) groups is 1. The van der Waals surface area contributed by atoms with Crippen LogP contribution in [0, 0.1) is 0 Å². The second-order valence-corrected chi connectivity index (χ2v) is 4.81. The molecule has 0 bridgehead atoms. The highest BCUT2D eigenvalue weighted by Gasteiger charge is 2.16. The molecule has 1 amide bonds. The Labute approximate surface area is 122 Å². The topological polar surface area (TPSA) is 73.3 Å². The van der Waals surface area contributed by atoms with E-state index in [0.717, 1.165) is 0 Å². The minimum atomic E-state index is -2.72. The molecule has 1 aromatic heterocycles. The molecule has 0 unspecified atom stereocenters. The molecular formula is C12H11F2N3O3S. The summed E-state index contributed by atoms with van der Waals surface area (Å²) < 4.78 is 34.9. The first-order valence-electron chi connectivity index (χ1n) is 5.69. The number of hydrogen-bond acceptors (Lipinski definition) is 6. The number of nitrogens with zero attached hydrogens (tertiary/aromatic N) is 2. The van der Waals surface area contributed by atoms with Gasteiger partial charge in [-0.25, -0.2) is 8.78 Å². The van der Waals surface area contributed by atoms with Crippen LogP contribution in [-0.2, 0) is 0 Å². The van der Waals surface area contributed by atoms with Crippen LogP contribution in [0.1, 0.15) is 21.8 Å². The first kappa shape index (κ1) is 15.1. The summed E-state index contributed by atoms with van der Waals surface area (Å²) in [6.45, 7) is 0. The van der Waals surface area contributed by atoms with Gasteiger partial charge in [-0.1, -0.05) is 11.3 Å². The highest BCUT2D eigenvalue weighted by atomic mass is 32.1. The van der Waals surface area contributed by atoms with Gasteiger partial charge in [-0.15, -0.1) is 10.2 Å². The molecule has 0 fully saturated rings. The number of rotatable bonds is 5. The lowest BCUT2D eigenvalue weighted by Crippen LogP contribution is -2.12. The summed E-state index contributed by atoms with van der Waals surface area (Å²) in [6, 6.07) is 4.59. The third kappa shape index (κ3) is 3.63. The molecule has 0 atom stereocenters. The van der Waals surface area contributed by atoms with Gasteiger partial charge in [0.15, 0.2) is 5.01 Å². The summed E-state index contributed by atoms with van der Waals surface area (Å²) in [5, 5.41) is 8.71. The summed E-state index contributed by atoms with van der Waals surface area (Å²) in [4.78, 5) is 12.1. The Morgan fingerprint density at radius 2 is 1.81 bits per heavy atom. The Kier molecular flexibility index (Phi) is 4.63. The predicted octanol–water partition coefficient (Wildman–Crippen LogP) is 2.75. The van der Waals surface area contributed by atoms with Crippen LogP contribution in [0.4, 0.5) is 13.9 Å². The van der Waals surface area contributed by atoms with Crippen molar-refractivity contribution in [2.24, 2.45) is 0 Å². The number of nitrogens with one attached hydrogen (secondary N) is 1. The molecule has 1 aromatic carbocycles. The molecule has 0 aliphatic carbocycles. The van der Waals surface area contributed by atoms with E-state index in [2.05, 4.69) is 15.5 Å². The van der Waals surface area contributed by atoms with Crippen LogP contribution in [0.3, 0.4) is 0 Å². The Bertz CT molecular complexity index is 626. The predicted molar refractivity (Wildman–Crippen MR) is 72.4 cm³/mol. The van der Waals surface area contributed by atoms with Gasteiger partial charge in [0.1, 0.15) is 11.5 Å². The average molecular weight is 315 g/mol. The Hall–Kier alpha value is -2.29. The number of carbonyl (C=O) groups excluding carboxylic acids is 1. The minimum Gasteiger partial charge on any atom is -0.497 e. The van der Waals surface area contributed by atoms with Crippen LogP contribution in [-0.4, -0.2) is 30.3 Å². The van der Waals surface area contributed by atoms with Crippen molar-refractivity contribution in [1.82, 2.24) is 10.2 Å². The number of ether oxygens (including phenoxy) is 2. The lowest BCUT2D eigenvalue weighted by molar-refractivity contribution is 0.102. The van der Waals surface area contributed by atoms with Crippen LogP contribution >= 0.6 is 11.3 Å². The normalized spacial score (nSPS) is 10.5. The molecule has 1 heterocycles. The summed E-state index contributed by atoms with van der Waals surface area (Å²) in [6.07, 6.45) is -2.72. The highest BCUT2D eigenvalue weighted by molar-refractivity contribution is 7.15. The Morgan fingerprint density at radius 1 is 1.19 bits per heavy atom. The molecule has 0 aliphatic rings. The zero-order chi connectivity index (χ0) is 15.4. The summed E-state index contributed by atoms with van der Waals surface area (Å²) in [5.41, 5.74) is 0.250. The third-order valence-electron chi connectivity index (χ3n) is 2.46. The van der Waals surface area contributed by atoms with E-state index in [4.69, 9.17) is 9.47 Å². The fourth-order valence-corrected chi connectivity index (χ4v) is 2.08. The number of methoxy groups -OCH3 is 2. The molecule has 6 nitrogen and oxygen atoms in total. The third-order valence-corrected chi connectivity index (χ3v) is 3.31. The highest BCUT2D eigenvalue weighted by Crippen LogP contribution is 2.26. The van der Waals surface area contributed by atoms with E-state index in [1.54, 1.807) is 6.07 Å². The number of amides is 1. The van der Waals surface area contributed by atoms with Crippen molar-refractivity contribution in [2.45, 2.75) is 6.43 Å². The Morgan fingerprint density at radius 3 is 2.29 bits per heavy atom. The van der Waals surface area contributed by atoms with E-state index in [9.17, 15) is 13.6 Å². The van der Waals surface area contributed by atoms with E-state index in [-0.39, 0.29) is 10.7 Å². The quantitative estimate of drug-likeness (QED) is 0.918. The van der Waals surface area contributed by atoms with Crippen LogP contribution in [0.15, 0.2) is 18.2 Å². The summed E-state index contributed by atoms with van der Waals surface area (Å²) >= 11 is 0.617. The number of hydrogen-bond donors (Lipinski definition) is 1. The molecule has 0 saturated carbocycles. The van der Waals surface area contributed by atoms with Gasteiger partial charge in [0, 0.05) is 11.6 Å². The van der Waals surface area contributed by atoms with Gasteiger partial charge in [0.05, 0.1) is 14.2 Å². The molecule has 9 heteroatoms. The number of aromatic nitrogens is 2. The number of benzene rings is 1. The van der Waals surface area contributed by atoms with Crippen molar-refractivity contribution in [1.29, 1.82) is 0 Å². The SMILES string of the molecule is COc1cc(OC)cc(C(=O)Nc2nnc(C(F)F)s2)c1. The van der Waals surface area contributed by atoms with Crippen molar-refractivity contribution in [2.75, 3.05) is 19.5 Å². The average Bonchev–Trinajstić information content (AvgIpc) is 2.95. The Balaban J connectivity index is 2.19. The van der Waals surface area contributed by atoms with Gasteiger partial charge in [-0.2, -0.15) is 0 Å². The maximum atomic E-state index is 12.4. The van der Waals surface area contributed by atoms with Crippen molar-refractivity contribution < 1.29 is 23.0 Å². The molecule has 21 heavy (non-hydrogen) atoms. The fraction of sp³-hybridized carbons (Fsp3) is 0.250. The first-order valence-corrected chi connectivity index (χ1v) is 6.51. The van der Waals surface area contributed by atoms with Gasteiger partial charge >= 0.3 is 0 Å². The number of alkyl halides is 2.